The number of aliphatic hydroxyl groups is 1. The molecule has 2 fully saturated rings. The number of rotatable bonds is 8. The van der Waals surface area contributed by atoms with Crippen molar-refractivity contribution in [3.63, 3.8) is 0 Å². The molecule has 3 rings (SSSR count). The second kappa shape index (κ2) is 9.40. The van der Waals surface area contributed by atoms with E-state index in [1.54, 1.807) is 32.0 Å². The number of esters is 1. The maximum Gasteiger partial charge on any atom is 0.511 e. The number of aliphatic carboxylic acids is 1. The first-order valence-electron chi connectivity index (χ1n) is 9.74. The molecule has 2 saturated carbocycles. The summed E-state index contributed by atoms with van der Waals surface area (Å²) in [5.41, 5.74) is 4.94. The molecule has 32 heavy (non-hydrogen) atoms. The van der Waals surface area contributed by atoms with Gasteiger partial charge in [0.15, 0.2) is 0 Å². The third kappa shape index (κ3) is 4.65. The molecule has 0 saturated heterocycles. The van der Waals surface area contributed by atoms with Crippen LogP contribution in [0.4, 0.5) is 4.79 Å². The molecule has 1 aromatic rings. The number of ether oxygens (including phenoxy) is 4. The first-order valence-corrected chi connectivity index (χ1v) is 10.5. The summed E-state index contributed by atoms with van der Waals surface area (Å²) in [7, 11) is 0. The van der Waals surface area contributed by atoms with E-state index in [9.17, 15) is 24.6 Å². The van der Waals surface area contributed by atoms with E-state index in [2.05, 4.69) is 4.74 Å². The molecule has 4 N–H and O–H groups in total. The lowest BCUT2D eigenvalue weighted by atomic mass is 9.87. The van der Waals surface area contributed by atoms with Crippen LogP contribution in [0.15, 0.2) is 18.2 Å². The van der Waals surface area contributed by atoms with Crippen molar-refractivity contribution in [2.24, 2.45) is 23.5 Å². The van der Waals surface area contributed by atoms with Crippen molar-refractivity contribution in [3.05, 3.63) is 33.8 Å². The molecule has 0 heterocycles. The molecule has 0 bridgehead atoms. The zero-order chi connectivity index (χ0) is 23.8. The van der Waals surface area contributed by atoms with Gasteiger partial charge in [-0.1, -0.05) is 29.3 Å². The van der Waals surface area contributed by atoms with Gasteiger partial charge in [0.05, 0.1) is 34.8 Å². The van der Waals surface area contributed by atoms with E-state index in [-0.39, 0.29) is 11.6 Å². The van der Waals surface area contributed by atoms with Crippen LogP contribution in [0, 0.1) is 17.8 Å². The monoisotopic (exact) mass is 491 g/mol. The van der Waals surface area contributed by atoms with Crippen LogP contribution in [0.5, 0.6) is 0 Å². The maximum absolute atomic E-state index is 12.8. The van der Waals surface area contributed by atoms with Gasteiger partial charge in [0, 0.05) is 11.8 Å². The van der Waals surface area contributed by atoms with E-state index < -0.39 is 66.5 Å². The quantitative estimate of drug-likeness (QED) is 0.362. The Morgan fingerprint density at radius 2 is 1.88 bits per heavy atom. The van der Waals surface area contributed by atoms with Crippen molar-refractivity contribution in [3.8, 4) is 0 Å². The highest BCUT2D eigenvalue weighted by atomic mass is 35.5. The molecule has 176 valence electrons. The van der Waals surface area contributed by atoms with Gasteiger partial charge < -0.3 is 34.9 Å². The zero-order valence-electron chi connectivity index (χ0n) is 17.2. The van der Waals surface area contributed by atoms with Gasteiger partial charge in [-0.25, -0.2) is 9.59 Å². The number of hydrogen-bond acceptors (Lipinski definition) is 9. The van der Waals surface area contributed by atoms with Gasteiger partial charge in [-0.3, -0.25) is 4.79 Å². The molecule has 0 aromatic heterocycles. The molecule has 0 radical (unpaired) electrons. The number of halogens is 2. The number of carbonyl (C=O) groups is 3. The Hall–Kier alpha value is -2.11. The number of aliphatic hydroxyl groups excluding tert-OH is 1. The Kier molecular flexibility index (Phi) is 7.21. The molecule has 6 atom stereocenters. The molecule has 2 aliphatic rings. The number of carboxylic acids is 1. The minimum absolute atomic E-state index is 0.0841. The van der Waals surface area contributed by atoms with Gasteiger partial charge >= 0.3 is 18.1 Å². The summed E-state index contributed by atoms with van der Waals surface area (Å²) >= 11 is 11.9. The van der Waals surface area contributed by atoms with Crippen LogP contribution in [0.3, 0.4) is 0 Å². The summed E-state index contributed by atoms with van der Waals surface area (Å²) in [6.07, 6.45) is -4.08. The molecule has 0 aliphatic heterocycles. The van der Waals surface area contributed by atoms with Gasteiger partial charge in [0.25, 0.3) is 0 Å². The first kappa shape index (κ1) is 24.5. The predicted molar refractivity (Wildman–Crippen MR) is 110 cm³/mol. The van der Waals surface area contributed by atoms with E-state index >= 15 is 0 Å². The lowest BCUT2D eigenvalue weighted by Gasteiger charge is -2.34. The van der Waals surface area contributed by atoms with Gasteiger partial charge in [0.2, 0.25) is 6.79 Å². The van der Waals surface area contributed by atoms with Crippen LogP contribution >= 0.6 is 23.2 Å². The standard InChI is InChI=1S/C20H23Cl2NO9/c1-8(2)32-19(28)31-7-30-18(27)20(23)14-12(13(14)17(25)26)15(24)16(20)29-6-9-3-4-10(21)11(22)5-9/h3-5,8,12-16,24H,6-7,23H2,1-2H3,(H,25,26)/t12-,13-,14-,15-,16+,20+/m0/s1. The number of fused-ring (bicyclic) bond motifs is 1. The van der Waals surface area contributed by atoms with Gasteiger partial charge in [-0.2, -0.15) is 0 Å². The topological polar surface area (TPSA) is 155 Å². The summed E-state index contributed by atoms with van der Waals surface area (Å²) < 4.78 is 20.1. The Morgan fingerprint density at radius 3 is 2.47 bits per heavy atom. The first-order chi connectivity index (χ1) is 15.0. The summed E-state index contributed by atoms with van der Waals surface area (Å²) in [6, 6.07) is 4.75. The third-order valence-electron chi connectivity index (χ3n) is 5.55. The SMILES string of the molecule is CC(C)OC(=O)OCOC(=O)[C@@]1(N)[C@@H]2[C@@H](C(=O)O)[C@@H]2[C@H](O)[C@H]1OCc1ccc(Cl)c(Cl)c1. The fourth-order valence-corrected chi connectivity index (χ4v) is 4.47. The molecule has 0 unspecified atom stereocenters. The van der Waals surface area contributed by atoms with Crippen LogP contribution < -0.4 is 5.73 Å². The van der Waals surface area contributed by atoms with E-state index in [0.29, 0.717) is 10.6 Å². The number of carboxylic acid groups (broad SMARTS) is 1. The number of benzene rings is 1. The smallest absolute Gasteiger partial charge is 0.481 e. The Labute approximate surface area is 193 Å². The van der Waals surface area contributed by atoms with Gasteiger partial charge in [-0.15, -0.1) is 0 Å². The van der Waals surface area contributed by atoms with Crippen molar-refractivity contribution in [2.45, 2.75) is 44.3 Å². The Bertz CT molecular complexity index is 911. The largest absolute Gasteiger partial charge is 0.511 e. The van der Waals surface area contributed by atoms with E-state index in [0.717, 1.165) is 0 Å². The second-order valence-corrected chi connectivity index (χ2v) is 8.80. The summed E-state index contributed by atoms with van der Waals surface area (Å²) in [6.45, 7) is 2.33. The lowest BCUT2D eigenvalue weighted by Crippen LogP contribution is -2.62. The highest BCUT2D eigenvalue weighted by Gasteiger charge is 2.79. The van der Waals surface area contributed by atoms with E-state index in [4.69, 9.17) is 43.1 Å². The molecular formula is C20H23Cl2NO9. The van der Waals surface area contributed by atoms with E-state index in [1.165, 1.54) is 0 Å². The molecule has 10 nitrogen and oxygen atoms in total. The van der Waals surface area contributed by atoms with E-state index in [1.807, 2.05) is 0 Å². The summed E-state index contributed by atoms with van der Waals surface area (Å²) in [5, 5.41) is 20.7. The molecule has 0 amide bonds. The lowest BCUT2D eigenvalue weighted by molar-refractivity contribution is -0.172. The molecule has 12 heteroatoms. The zero-order valence-corrected chi connectivity index (χ0v) is 18.7. The number of hydrogen-bond donors (Lipinski definition) is 3. The molecular weight excluding hydrogens is 469 g/mol. The maximum atomic E-state index is 12.8. The Morgan fingerprint density at radius 1 is 1.19 bits per heavy atom. The average Bonchev–Trinajstić information content (AvgIpc) is 3.41. The van der Waals surface area contributed by atoms with Gasteiger partial charge in [0.1, 0.15) is 11.6 Å². The van der Waals surface area contributed by atoms with Crippen molar-refractivity contribution in [2.75, 3.05) is 6.79 Å². The van der Waals surface area contributed by atoms with Crippen molar-refractivity contribution in [1.82, 2.24) is 0 Å². The number of nitrogens with two attached hydrogens (primary N) is 1. The second-order valence-electron chi connectivity index (χ2n) is 7.98. The van der Waals surface area contributed by atoms with Crippen LogP contribution in [0.1, 0.15) is 19.4 Å². The Balaban J connectivity index is 1.72. The average molecular weight is 492 g/mol. The van der Waals surface area contributed by atoms with Crippen molar-refractivity contribution >= 4 is 41.3 Å². The summed E-state index contributed by atoms with van der Waals surface area (Å²) in [4.78, 5) is 35.8. The summed E-state index contributed by atoms with van der Waals surface area (Å²) in [5.74, 6) is -4.98. The van der Waals surface area contributed by atoms with Crippen molar-refractivity contribution in [1.29, 1.82) is 0 Å². The highest BCUT2D eigenvalue weighted by Crippen LogP contribution is 2.62. The number of carbonyl (C=O) groups excluding carboxylic acids is 2. The van der Waals surface area contributed by atoms with Crippen LogP contribution in [0.2, 0.25) is 10.0 Å². The van der Waals surface area contributed by atoms with Crippen molar-refractivity contribution < 1.29 is 43.5 Å². The third-order valence-corrected chi connectivity index (χ3v) is 6.29. The molecule has 0 spiro atoms. The minimum atomic E-state index is -1.98. The fraction of sp³-hybridized carbons (Fsp3) is 0.550. The molecule has 1 aromatic carbocycles. The molecule has 2 aliphatic carbocycles. The van der Waals surface area contributed by atoms with Crippen LogP contribution in [0.25, 0.3) is 0 Å². The minimum Gasteiger partial charge on any atom is -0.481 e. The van der Waals surface area contributed by atoms with Crippen LogP contribution in [-0.4, -0.2) is 59.0 Å². The highest BCUT2D eigenvalue weighted by molar-refractivity contribution is 6.42. The predicted octanol–water partition coefficient (Wildman–Crippen LogP) is 1.96. The van der Waals surface area contributed by atoms with Crippen LogP contribution in [-0.2, 0) is 35.1 Å². The van der Waals surface area contributed by atoms with Gasteiger partial charge in [-0.05, 0) is 31.5 Å². The fourth-order valence-electron chi connectivity index (χ4n) is 4.15. The normalized spacial score (nSPS) is 30.5.